The average Bonchev–Trinajstić information content (AvgIpc) is 2.77. The van der Waals surface area contributed by atoms with Gasteiger partial charge >= 0.3 is 0 Å². The molecule has 0 saturated carbocycles. The van der Waals surface area contributed by atoms with Crippen molar-refractivity contribution >= 4 is 5.91 Å². The van der Waals surface area contributed by atoms with E-state index in [0.29, 0.717) is 26.3 Å². The lowest BCUT2D eigenvalue weighted by atomic mass is 9.84. The van der Waals surface area contributed by atoms with Crippen LogP contribution in [0.15, 0.2) is 24.5 Å². The molecule has 2 heterocycles. The quantitative estimate of drug-likeness (QED) is 0.872. The smallest absolute Gasteiger partial charge is 0.232 e. The van der Waals surface area contributed by atoms with Crippen molar-refractivity contribution in [1.29, 1.82) is 0 Å². The maximum absolute atomic E-state index is 12.7. The van der Waals surface area contributed by atoms with Gasteiger partial charge in [-0.05, 0) is 31.5 Å². The van der Waals surface area contributed by atoms with Gasteiger partial charge in [0.05, 0.1) is 18.6 Å². The first-order valence-electron chi connectivity index (χ1n) is 6.59. The summed E-state index contributed by atoms with van der Waals surface area (Å²) < 4.78 is 5.36. The van der Waals surface area contributed by atoms with Crippen LogP contribution in [0.1, 0.15) is 19.4 Å². The molecule has 2 unspecified atom stereocenters. The zero-order valence-electron chi connectivity index (χ0n) is 11.5. The molecule has 5 heteroatoms. The van der Waals surface area contributed by atoms with Crippen LogP contribution >= 0.6 is 0 Å². The summed E-state index contributed by atoms with van der Waals surface area (Å²) in [5, 5.41) is 0. The molecule has 1 amide bonds. The minimum Gasteiger partial charge on any atom is -0.379 e. The van der Waals surface area contributed by atoms with Gasteiger partial charge in [0.2, 0.25) is 5.91 Å². The molecule has 19 heavy (non-hydrogen) atoms. The van der Waals surface area contributed by atoms with E-state index in [1.54, 1.807) is 12.4 Å². The first-order chi connectivity index (χ1) is 9.08. The third-order valence-corrected chi connectivity index (χ3v) is 3.80. The SMILES string of the molecule is CCN(Cc1ccncc1)C(=O)C1(C)COCC1N. The Labute approximate surface area is 113 Å². The maximum Gasteiger partial charge on any atom is 0.232 e. The second kappa shape index (κ2) is 5.67. The first-order valence-corrected chi connectivity index (χ1v) is 6.59. The third kappa shape index (κ3) is 2.77. The van der Waals surface area contributed by atoms with E-state index in [1.165, 1.54) is 0 Å². The van der Waals surface area contributed by atoms with Gasteiger partial charge in [0, 0.05) is 31.5 Å². The lowest BCUT2D eigenvalue weighted by Gasteiger charge is -2.32. The van der Waals surface area contributed by atoms with E-state index >= 15 is 0 Å². The number of nitrogens with zero attached hydrogens (tertiary/aromatic N) is 2. The molecule has 1 saturated heterocycles. The number of rotatable bonds is 4. The van der Waals surface area contributed by atoms with Crippen molar-refractivity contribution in [2.45, 2.75) is 26.4 Å². The molecule has 0 spiro atoms. The lowest BCUT2D eigenvalue weighted by Crippen LogP contribution is -2.51. The summed E-state index contributed by atoms with van der Waals surface area (Å²) in [5.74, 6) is 0.0665. The second-order valence-electron chi connectivity index (χ2n) is 5.21. The predicted octanol–water partition coefficient (Wildman–Crippen LogP) is 0.794. The Morgan fingerprint density at radius 2 is 2.26 bits per heavy atom. The summed E-state index contributed by atoms with van der Waals surface area (Å²) in [6, 6.07) is 3.61. The van der Waals surface area contributed by atoms with Crippen LogP contribution in [0.3, 0.4) is 0 Å². The number of nitrogens with two attached hydrogens (primary N) is 1. The van der Waals surface area contributed by atoms with Crippen LogP contribution in [0.2, 0.25) is 0 Å². The highest BCUT2D eigenvalue weighted by Crippen LogP contribution is 2.30. The standard InChI is InChI=1S/C14H21N3O2/c1-3-17(8-11-4-6-16-7-5-11)13(18)14(2)10-19-9-12(14)15/h4-7,12H,3,8-10,15H2,1-2H3. The molecule has 0 aliphatic carbocycles. The van der Waals surface area contributed by atoms with Crippen LogP contribution in [0, 0.1) is 5.41 Å². The van der Waals surface area contributed by atoms with Gasteiger partial charge < -0.3 is 15.4 Å². The van der Waals surface area contributed by atoms with E-state index in [0.717, 1.165) is 5.56 Å². The van der Waals surface area contributed by atoms with Crippen molar-refractivity contribution in [2.24, 2.45) is 11.1 Å². The average molecular weight is 263 g/mol. The summed E-state index contributed by atoms with van der Waals surface area (Å²) >= 11 is 0. The van der Waals surface area contributed by atoms with Crippen molar-refractivity contribution in [1.82, 2.24) is 9.88 Å². The molecule has 1 aliphatic heterocycles. The fourth-order valence-corrected chi connectivity index (χ4v) is 2.31. The number of pyridine rings is 1. The van der Waals surface area contributed by atoms with Crippen LogP contribution in [-0.2, 0) is 16.1 Å². The van der Waals surface area contributed by atoms with E-state index in [2.05, 4.69) is 4.98 Å². The Kier molecular flexibility index (Phi) is 4.17. The number of ether oxygens (including phenoxy) is 1. The summed E-state index contributed by atoms with van der Waals surface area (Å²) in [6.07, 6.45) is 3.47. The summed E-state index contributed by atoms with van der Waals surface area (Å²) in [5.41, 5.74) is 6.48. The molecule has 1 fully saturated rings. The van der Waals surface area contributed by atoms with Crippen molar-refractivity contribution in [3.05, 3.63) is 30.1 Å². The fraction of sp³-hybridized carbons (Fsp3) is 0.571. The van der Waals surface area contributed by atoms with Crippen LogP contribution in [0.4, 0.5) is 0 Å². The molecule has 2 atom stereocenters. The normalized spacial score (nSPS) is 26.4. The van der Waals surface area contributed by atoms with Gasteiger partial charge in [-0.15, -0.1) is 0 Å². The van der Waals surface area contributed by atoms with E-state index in [1.807, 2.05) is 30.9 Å². The largest absolute Gasteiger partial charge is 0.379 e. The van der Waals surface area contributed by atoms with Gasteiger partial charge in [-0.25, -0.2) is 0 Å². The maximum atomic E-state index is 12.7. The van der Waals surface area contributed by atoms with Gasteiger partial charge in [-0.2, -0.15) is 0 Å². The minimum atomic E-state index is -0.608. The Balaban J connectivity index is 2.11. The van der Waals surface area contributed by atoms with Gasteiger partial charge in [0.1, 0.15) is 0 Å². The molecule has 1 aromatic rings. The van der Waals surface area contributed by atoms with Crippen molar-refractivity contribution in [3.63, 3.8) is 0 Å². The highest BCUT2D eigenvalue weighted by atomic mass is 16.5. The van der Waals surface area contributed by atoms with Crippen LogP contribution < -0.4 is 5.73 Å². The van der Waals surface area contributed by atoms with Crippen LogP contribution in [-0.4, -0.2) is 41.6 Å². The number of carbonyl (C=O) groups excluding carboxylic acids is 1. The lowest BCUT2D eigenvalue weighted by molar-refractivity contribution is -0.142. The molecule has 5 nitrogen and oxygen atoms in total. The molecule has 1 aromatic heterocycles. The van der Waals surface area contributed by atoms with E-state index in [-0.39, 0.29) is 11.9 Å². The van der Waals surface area contributed by atoms with Gasteiger partial charge in [-0.3, -0.25) is 9.78 Å². The fourth-order valence-electron chi connectivity index (χ4n) is 2.31. The molecule has 2 N–H and O–H groups in total. The zero-order valence-corrected chi connectivity index (χ0v) is 11.5. The molecule has 0 radical (unpaired) electrons. The Morgan fingerprint density at radius 3 is 2.79 bits per heavy atom. The molecule has 0 bridgehead atoms. The number of amides is 1. The van der Waals surface area contributed by atoms with Gasteiger partial charge in [0.25, 0.3) is 0 Å². The predicted molar refractivity (Wildman–Crippen MR) is 72.2 cm³/mol. The van der Waals surface area contributed by atoms with E-state index in [9.17, 15) is 4.79 Å². The van der Waals surface area contributed by atoms with Crippen LogP contribution in [0.5, 0.6) is 0 Å². The molecule has 1 aliphatic rings. The number of carbonyl (C=O) groups is 1. The number of aromatic nitrogens is 1. The number of hydrogen-bond donors (Lipinski definition) is 1. The minimum absolute atomic E-state index is 0.0665. The van der Waals surface area contributed by atoms with Crippen LogP contribution in [0.25, 0.3) is 0 Å². The second-order valence-corrected chi connectivity index (χ2v) is 5.21. The Bertz CT molecular complexity index is 438. The molecular weight excluding hydrogens is 242 g/mol. The van der Waals surface area contributed by atoms with Gasteiger partial charge in [0.15, 0.2) is 0 Å². The third-order valence-electron chi connectivity index (χ3n) is 3.80. The Morgan fingerprint density at radius 1 is 1.58 bits per heavy atom. The molecule has 104 valence electrons. The molecular formula is C14H21N3O2. The van der Waals surface area contributed by atoms with Crippen molar-refractivity contribution in [2.75, 3.05) is 19.8 Å². The van der Waals surface area contributed by atoms with Gasteiger partial charge in [-0.1, -0.05) is 0 Å². The zero-order chi connectivity index (χ0) is 13.9. The Hall–Kier alpha value is -1.46. The summed E-state index contributed by atoms with van der Waals surface area (Å²) in [6.45, 7) is 5.96. The molecule has 0 aromatic carbocycles. The monoisotopic (exact) mass is 263 g/mol. The summed E-state index contributed by atoms with van der Waals surface area (Å²) in [4.78, 5) is 18.5. The number of hydrogen-bond acceptors (Lipinski definition) is 4. The van der Waals surface area contributed by atoms with E-state index in [4.69, 9.17) is 10.5 Å². The first kappa shape index (κ1) is 14.0. The highest BCUT2D eigenvalue weighted by molar-refractivity contribution is 5.83. The highest BCUT2D eigenvalue weighted by Gasteiger charge is 2.46. The van der Waals surface area contributed by atoms with E-state index < -0.39 is 5.41 Å². The van der Waals surface area contributed by atoms with Crippen molar-refractivity contribution < 1.29 is 9.53 Å². The topological polar surface area (TPSA) is 68.5 Å². The molecule has 2 rings (SSSR count). The summed E-state index contributed by atoms with van der Waals surface area (Å²) in [7, 11) is 0. The van der Waals surface area contributed by atoms with Crippen molar-refractivity contribution in [3.8, 4) is 0 Å².